The van der Waals surface area contributed by atoms with Crippen LogP contribution >= 0.6 is 0 Å². The number of rotatable bonds is 12. The summed E-state index contributed by atoms with van der Waals surface area (Å²) in [5.41, 5.74) is 3.50. The minimum atomic E-state index is -1.12. The molecule has 146 valence electrons. The SMILES string of the molecule is CCCCCCc1cc(C(=O)[O-])ccc1-c1ccc(OCCCCC)cc1. The number of carboxylic acids is 1. The Morgan fingerprint density at radius 3 is 2.26 bits per heavy atom. The van der Waals surface area contributed by atoms with E-state index in [9.17, 15) is 9.90 Å². The fraction of sp³-hybridized carbons (Fsp3) is 0.458. The second kappa shape index (κ2) is 11.4. The fourth-order valence-corrected chi connectivity index (χ4v) is 3.22. The van der Waals surface area contributed by atoms with Gasteiger partial charge in [0.1, 0.15) is 5.75 Å². The van der Waals surface area contributed by atoms with Crippen LogP contribution in [-0.2, 0) is 6.42 Å². The minimum absolute atomic E-state index is 0.250. The van der Waals surface area contributed by atoms with Gasteiger partial charge in [0.05, 0.1) is 12.6 Å². The van der Waals surface area contributed by atoms with Crippen molar-refractivity contribution in [2.45, 2.75) is 65.2 Å². The lowest BCUT2D eigenvalue weighted by Gasteiger charge is -2.14. The van der Waals surface area contributed by atoms with Crippen LogP contribution in [0.2, 0.25) is 0 Å². The van der Waals surface area contributed by atoms with Gasteiger partial charge in [-0.25, -0.2) is 0 Å². The molecule has 0 bridgehead atoms. The van der Waals surface area contributed by atoms with Crippen LogP contribution in [0.15, 0.2) is 42.5 Å². The maximum Gasteiger partial charge on any atom is 0.119 e. The van der Waals surface area contributed by atoms with Crippen LogP contribution in [0.25, 0.3) is 11.1 Å². The van der Waals surface area contributed by atoms with Crippen molar-refractivity contribution in [2.24, 2.45) is 0 Å². The Bertz CT molecular complexity index is 704. The van der Waals surface area contributed by atoms with Crippen LogP contribution in [0.1, 0.15) is 74.7 Å². The van der Waals surface area contributed by atoms with Crippen LogP contribution < -0.4 is 9.84 Å². The van der Waals surface area contributed by atoms with Gasteiger partial charge in [0, 0.05) is 0 Å². The molecule has 0 fully saturated rings. The molecule has 0 heterocycles. The van der Waals surface area contributed by atoms with E-state index in [0.717, 1.165) is 54.7 Å². The molecule has 0 N–H and O–H groups in total. The van der Waals surface area contributed by atoms with Gasteiger partial charge in [-0.3, -0.25) is 0 Å². The van der Waals surface area contributed by atoms with Crippen LogP contribution in [-0.4, -0.2) is 12.6 Å². The molecule has 3 heteroatoms. The molecule has 27 heavy (non-hydrogen) atoms. The summed E-state index contributed by atoms with van der Waals surface area (Å²) in [7, 11) is 0. The molecule has 0 radical (unpaired) electrons. The van der Waals surface area contributed by atoms with Crippen molar-refractivity contribution < 1.29 is 14.6 Å². The summed E-state index contributed by atoms with van der Waals surface area (Å²) in [6.07, 6.45) is 8.95. The third kappa shape index (κ3) is 6.74. The second-order valence-corrected chi connectivity index (χ2v) is 7.05. The predicted molar refractivity (Wildman–Crippen MR) is 109 cm³/mol. The first-order valence-electron chi connectivity index (χ1n) is 10.2. The summed E-state index contributed by atoms with van der Waals surface area (Å²) in [6, 6.07) is 13.4. The number of carboxylic acid groups (broad SMARTS) is 1. The lowest BCUT2D eigenvalue weighted by atomic mass is 9.94. The van der Waals surface area contributed by atoms with E-state index in [1.54, 1.807) is 12.1 Å². The monoisotopic (exact) mass is 367 g/mol. The van der Waals surface area contributed by atoms with E-state index >= 15 is 0 Å². The van der Waals surface area contributed by atoms with Crippen molar-refractivity contribution in [2.75, 3.05) is 6.61 Å². The van der Waals surface area contributed by atoms with Crippen molar-refractivity contribution in [3.05, 3.63) is 53.6 Å². The number of benzene rings is 2. The first kappa shape index (κ1) is 21.0. The van der Waals surface area contributed by atoms with Crippen molar-refractivity contribution in [1.29, 1.82) is 0 Å². The summed E-state index contributed by atoms with van der Waals surface area (Å²) in [5, 5.41) is 11.2. The number of carbonyl (C=O) groups excluding carboxylic acids is 1. The summed E-state index contributed by atoms with van der Waals surface area (Å²) in [5.74, 6) is -0.238. The molecule has 0 spiro atoms. The van der Waals surface area contributed by atoms with Crippen LogP contribution in [0.5, 0.6) is 5.75 Å². The highest BCUT2D eigenvalue weighted by atomic mass is 16.5. The standard InChI is InChI=1S/C24H32O3/c1-3-5-7-8-10-20-18-21(24(25)26)13-16-23(20)19-11-14-22(15-12-19)27-17-9-6-4-2/h11-16,18H,3-10,17H2,1-2H3,(H,25,26)/p-1. The number of unbranched alkanes of at least 4 members (excludes halogenated alkanes) is 5. The van der Waals surface area contributed by atoms with Crippen molar-refractivity contribution >= 4 is 5.97 Å². The average Bonchev–Trinajstić information content (AvgIpc) is 2.69. The van der Waals surface area contributed by atoms with Crippen molar-refractivity contribution in [3.63, 3.8) is 0 Å². The topological polar surface area (TPSA) is 49.4 Å². The number of aryl methyl sites for hydroxylation is 1. The average molecular weight is 368 g/mol. The first-order chi connectivity index (χ1) is 13.2. The van der Waals surface area contributed by atoms with E-state index in [4.69, 9.17) is 4.74 Å². The molecule has 0 aliphatic carbocycles. The first-order valence-corrected chi connectivity index (χ1v) is 10.2. The molecule has 0 saturated heterocycles. The zero-order valence-corrected chi connectivity index (χ0v) is 16.6. The normalized spacial score (nSPS) is 10.7. The van der Waals surface area contributed by atoms with E-state index in [2.05, 4.69) is 26.0 Å². The van der Waals surface area contributed by atoms with Gasteiger partial charge in [-0.2, -0.15) is 0 Å². The van der Waals surface area contributed by atoms with Gasteiger partial charge in [-0.05, 0) is 59.7 Å². The van der Waals surface area contributed by atoms with E-state index < -0.39 is 5.97 Å². The molecule has 0 unspecified atom stereocenters. The Morgan fingerprint density at radius 2 is 1.59 bits per heavy atom. The van der Waals surface area contributed by atoms with Gasteiger partial charge in [0.25, 0.3) is 0 Å². The lowest BCUT2D eigenvalue weighted by molar-refractivity contribution is -0.255. The third-order valence-electron chi connectivity index (χ3n) is 4.82. The van der Waals surface area contributed by atoms with Gasteiger partial charge in [-0.15, -0.1) is 0 Å². The summed E-state index contributed by atoms with van der Waals surface area (Å²) in [6.45, 7) is 5.12. The molecular weight excluding hydrogens is 336 g/mol. The van der Waals surface area contributed by atoms with E-state index in [-0.39, 0.29) is 5.56 Å². The van der Waals surface area contributed by atoms with Crippen LogP contribution in [0.4, 0.5) is 0 Å². The lowest BCUT2D eigenvalue weighted by Crippen LogP contribution is -2.22. The predicted octanol–water partition coefficient (Wildman–Crippen LogP) is 5.41. The molecule has 0 aromatic heterocycles. The summed E-state index contributed by atoms with van der Waals surface area (Å²) in [4.78, 5) is 11.2. The Kier molecular flexibility index (Phi) is 8.90. The van der Waals surface area contributed by atoms with Gasteiger partial charge in [0.15, 0.2) is 0 Å². The maximum atomic E-state index is 11.2. The number of ether oxygens (including phenoxy) is 1. The smallest absolute Gasteiger partial charge is 0.119 e. The summed E-state index contributed by atoms with van der Waals surface area (Å²) >= 11 is 0. The van der Waals surface area contributed by atoms with Gasteiger partial charge >= 0.3 is 0 Å². The molecule has 0 saturated carbocycles. The van der Waals surface area contributed by atoms with E-state index in [0.29, 0.717) is 0 Å². The van der Waals surface area contributed by atoms with E-state index in [1.165, 1.54) is 25.7 Å². The molecular formula is C24H31O3-. The number of carbonyl (C=O) groups is 1. The Balaban J connectivity index is 2.13. The molecule has 0 aliphatic heterocycles. The fourth-order valence-electron chi connectivity index (χ4n) is 3.22. The number of hydrogen-bond donors (Lipinski definition) is 0. The van der Waals surface area contributed by atoms with E-state index in [1.807, 2.05) is 18.2 Å². The van der Waals surface area contributed by atoms with Gasteiger partial charge in [-0.1, -0.05) is 70.2 Å². The highest BCUT2D eigenvalue weighted by molar-refractivity contribution is 5.87. The largest absolute Gasteiger partial charge is 0.545 e. The Labute approximate surface area is 163 Å². The number of aromatic carboxylic acids is 1. The third-order valence-corrected chi connectivity index (χ3v) is 4.82. The Hall–Kier alpha value is -2.29. The van der Waals surface area contributed by atoms with Crippen molar-refractivity contribution in [1.82, 2.24) is 0 Å². The molecule has 0 aliphatic rings. The zero-order chi connectivity index (χ0) is 19.5. The molecule has 2 aromatic carbocycles. The second-order valence-electron chi connectivity index (χ2n) is 7.05. The molecule has 2 aromatic rings. The van der Waals surface area contributed by atoms with Crippen LogP contribution in [0, 0.1) is 0 Å². The highest BCUT2D eigenvalue weighted by Crippen LogP contribution is 2.28. The summed E-state index contributed by atoms with van der Waals surface area (Å²) < 4.78 is 5.79. The maximum absolute atomic E-state index is 11.2. The van der Waals surface area contributed by atoms with Crippen molar-refractivity contribution in [3.8, 4) is 16.9 Å². The Morgan fingerprint density at radius 1 is 0.889 bits per heavy atom. The molecule has 0 amide bonds. The quantitative estimate of drug-likeness (QED) is 0.471. The number of hydrogen-bond acceptors (Lipinski definition) is 3. The molecule has 2 rings (SSSR count). The molecule has 3 nitrogen and oxygen atoms in total. The minimum Gasteiger partial charge on any atom is -0.545 e. The molecule has 0 atom stereocenters. The zero-order valence-electron chi connectivity index (χ0n) is 16.6. The van der Waals surface area contributed by atoms with Gasteiger partial charge in [0.2, 0.25) is 0 Å². The van der Waals surface area contributed by atoms with Crippen LogP contribution in [0.3, 0.4) is 0 Å². The highest BCUT2D eigenvalue weighted by Gasteiger charge is 2.08. The van der Waals surface area contributed by atoms with Gasteiger partial charge < -0.3 is 14.6 Å².